The van der Waals surface area contributed by atoms with Gasteiger partial charge in [0.05, 0.1) is 18.6 Å². The summed E-state index contributed by atoms with van der Waals surface area (Å²) in [7, 11) is 1.89. The van der Waals surface area contributed by atoms with E-state index in [2.05, 4.69) is 78.4 Å². The molecule has 2 atom stereocenters. The number of nitrogens with zero attached hydrogens (tertiary/aromatic N) is 4. The standard InChI is InChI=1S/C27H32N4O2/c1-20(2)31-24(14-15-28-31)23-18-30(19-27(23)26(32)29(3)16-17-33-27)25(21-10-6-4-7-11-21)22-12-8-5-9-13-22/h4-15,20,23,25H,16-19H2,1-3H3. The van der Waals surface area contributed by atoms with Crippen molar-refractivity contribution in [1.29, 1.82) is 0 Å². The van der Waals surface area contributed by atoms with Crippen molar-refractivity contribution in [2.45, 2.75) is 37.5 Å². The van der Waals surface area contributed by atoms with Crippen LogP contribution in [0.1, 0.15) is 48.7 Å². The number of morpholine rings is 1. The Morgan fingerprint density at radius 1 is 1.00 bits per heavy atom. The van der Waals surface area contributed by atoms with Crippen molar-refractivity contribution in [2.75, 3.05) is 33.3 Å². The van der Waals surface area contributed by atoms with Crippen LogP contribution in [0.25, 0.3) is 0 Å². The van der Waals surface area contributed by atoms with Crippen LogP contribution in [0.15, 0.2) is 72.9 Å². The fourth-order valence-electron chi connectivity index (χ4n) is 5.52. The number of aromatic nitrogens is 2. The van der Waals surface area contributed by atoms with Crippen LogP contribution in [0.5, 0.6) is 0 Å². The predicted octanol–water partition coefficient (Wildman–Crippen LogP) is 3.88. The minimum absolute atomic E-state index is 0.0355. The van der Waals surface area contributed by atoms with Gasteiger partial charge in [0.1, 0.15) is 0 Å². The van der Waals surface area contributed by atoms with Gasteiger partial charge in [0.15, 0.2) is 5.60 Å². The molecule has 6 heteroatoms. The predicted molar refractivity (Wildman–Crippen MR) is 128 cm³/mol. The Kier molecular flexibility index (Phi) is 5.81. The van der Waals surface area contributed by atoms with E-state index in [1.54, 1.807) is 0 Å². The summed E-state index contributed by atoms with van der Waals surface area (Å²) in [6.07, 6.45) is 1.84. The van der Waals surface area contributed by atoms with Gasteiger partial charge in [-0.15, -0.1) is 0 Å². The minimum atomic E-state index is -0.915. The van der Waals surface area contributed by atoms with Gasteiger partial charge in [-0.2, -0.15) is 5.10 Å². The van der Waals surface area contributed by atoms with Gasteiger partial charge in [0.2, 0.25) is 0 Å². The minimum Gasteiger partial charge on any atom is -0.361 e. The fourth-order valence-corrected chi connectivity index (χ4v) is 5.52. The SMILES string of the molecule is CC(C)n1nccc1C1CN(C(c2ccccc2)c2ccccc2)CC12OCCN(C)C2=O. The monoisotopic (exact) mass is 444 g/mol. The molecule has 2 aromatic carbocycles. The van der Waals surface area contributed by atoms with Gasteiger partial charge in [-0.25, -0.2) is 0 Å². The molecule has 1 spiro atoms. The zero-order chi connectivity index (χ0) is 23.0. The van der Waals surface area contributed by atoms with Gasteiger partial charge in [-0.05, 0) is 31.0 Å². The lowest BCUT2D eigenvalue weighted by molar-refractivity contribution is -0.170. The summed E-state index contributed by atoms with van der Waals surface area (Å²) in [5.74, 6) is -0.0368. The van der Waals surface area contributed by atoms with Crippen LogP contribution < -0.4 is 0 Å². The molecular weight excluding hydrogens is 412 g/mol. The van der Waals surface area contributed by atoms with E-state index >= 15 is 0 Å². The first-order chi connectivity index (χ1) is 16.0. The highest BCUT2D eigenvalue weighted by Crippen LogP contribution is 2.46. The molecule has 2 unspecified atom stereocenters. The van der Waals surface area contributed by atoms with Crippen molar-refractivity contribution in [3.05, 3.63) is 89.7 Å². The normalized spacial score (nSPS) is 23.8. The Balaban J connectivity index is 1.62. The second-order valence-electron chi connectivity index (χ2n) is 9.46. The molecule has 3 aromatic rings. The smallest absolute Gasteiger partial charge is 0.256 e. The molecule has 1 amide bonds. The highest BCUT2D eigenvalue weighted by molar-refractivity contribution is 5.88. The zero-order valence-corrected chi connectivity index (χ0v) is 19.6. The highest BCUT2D eigenvalue weighted by Gasteiger charge is 2.58. The summed E-state index contributed by atoms with van der Waals surface area (Å²) < 4.78 is 8.50. The van der Waals surface area contributed by atoms with Gasteiger partial charge in [0.25, 0.3) is 5.91 Å². The van der Waals surface area contributed by atoms with E-state index in [-0.39, 0.29) is 23.9 Å². The number of likely N-dealkylation sites (tertiary alicyclic amines) is 1. The van der Waals surface area contributed by atoms with Crippen molar-refractivity contribution in [3.8, 4) is 0 Å². The van der Waals surface area contributed by atoms with Crippen LogP contribution in [-0.2, 0) is 9.53 Å². The van der Waals surface area contributed by atoms with Crippen molar-refractivity contribution in [3.63, 3.8) is 0 Å². The average molecular weight is 445 g/mol. The Morgan fingerprint density at radius 2 is 1.64 bits per heavy atom. The van der Waals surface area contributed by atoms with Crippen molar-refractivity contribution >= 4 is 5.91 Å². The number of hydrogen-bond acceptors (Lipinski definition) is 4. The Labute approximate surface area is 195 Å². The van der Waals surface area contributed by atoms with Crippen LogP contribution >= 0.6 is 0 Å². The van der Waals surface area contributed by atoms with E-state index in [4.69, 9.17) is 4.74 Å². The fraction of sp³-hybridized carbons (Fsp3) is 0.407. The molecule has 2 saturated heterocycles. The molecule has 172 valence electrons. The number of hydrogen-bond donors (Lipinski definition) is 0. The number of likely N-dealkylation sites (N-methyl/N-ethyl adjacent to an activating group) is 1. The van der Waals surface area contributed by atoms with Crippen molar-refractivity contribution in [2.24, 2.45) is 0 Å². The Hall–Kier alpha value is -2.96. The number of amides is 1. The molecule has 6 nitrogen and oxygen atoms in total. The summed E-state index contributed by atoms with van der Waals surface area (Å²) in [4.78, 5) is 18.0. The summed E-state index contributed by atoms with van der Waals surface area (Å²) in [5, 5.41) is 4.59. The Bertz CT molecular complexity index is 1060. The number of rotatable bonds is 5. The topological polar surface area (TPSA) is 50.6 Å². The molecule has 2 aliphatic heterocycles. The maximum atomic E-state index is 13.7. The molecule has 0 N–H and O–H groups in total. The van der Waals surface area contributed by atoms with E-state index in [0.29, 0.717) is 26.2 Å². The average Bonchev–Trinajstić information content (AvgIpc) is 3.45. The molecule has 1 aromatic heterocycles. The zero-order valence-electron chi connectivity index (χ0n) is 19.6. The van der Waals surface area contributed by atoms with Crippen LogP contribution in [0, 0.1) is 0 Å². The summed E-state index contributed by atoms with van der Waals surface area (Å²) in [6, 6.07) is 23.4. The van der Waals surface area contributed by atoms with Gasteiger partial charge < -0.3 is 9.64 Å². The number of carbonyl (C=O) groups is 1. The number of carbonyl (C=O) groups excluding carboxylic acids is 1. The largest absolute Gasteiger partial charge is 0.361 e. The second-order valence-corrected chi connectivity index (χ2v) is 9.46. The molecule has 0 aliphatic carbocycles. The van der Waals surface area contributed by atoms with Gasteiger partial charge in [0, 0.05) is 44.6 Å². The molecule has 3 heterocycles. The first-order valence-corrected chi connectivity index (χ1v) is 11.8. The summed E-state index contributed by atoms with van der Waals surface area (Å²) >= 11 is 0. The second kappa shape index (κ2) is 8.76. The first-order valence-electron chi connectivity index (χ1n) is 11.8. The molecular formula is C27H32N4O2. The molecule has 0 saturated carbocycles. The Morgan fingerprint density at radius 3 is 2.24 bits per heavy atom. The summed E-state index contributed by atoms with van der Waals surface area (Å²) in [5.41, 5.74) is 2.58. The highest BCUT2D eigenvalue weighted by atomic mass is 16.5. The van der Waals surface area contributed by atoms with Crippen LogP contribution in [-0.4, -0.2) is 64.4 Å². The van der Waals surface area contributed by atoms with E-state index in [1.165, 1.54) is 11.1 Å². The summed E-state index contributed by atoms with van der Waals surface area (Å²) in [6.45, 7) is 6.68. The number of benzene rings is 2. The van der Waals surface area contributed by atoms with Crippen molar-refractivity contribution in [1.82, 2.24) is 19.6 Å². The van der Waals surface area contributed by atoms with E-state index in [1.807, 2.05) is 35.0 Å². The van der Waals surface area contributed by atoms with Crippen LogP contribution in [0.2, 0.25) is 0 Å². The lowest BCUT2D eigenvalue weighted by Gasteiger charge is -2.41. The molecule has 2 fully saturated rings. The van der Waals surface area contributed by atoms with Crippen molar-refractivity contribution < 1.29 is 9.53 Å². The van der Waals surface area contributed by atoms with E-state index in [9.17, 15) is 4.79 Å². The molecule has 5 rings (SSSR count). The third-order valence-electron chi connectivity index (χ3n) is 7.06. The van der Waals surface area contributed by atoms with E-state index < -0.39 is 5.60 Å². The van der Waals surface area contributed by atoms with Crippen LogP contribution in [0.4, 0.5) is 0 Å². The van der Waals surface area contributed by atoms with Crippen LogP contribution in [0.3, 0.4) is 0 Å². The quantitative estimate of drug-likeness (QED) is 0.599. The maximum Gasteiger partial charge on any atom is 0.256 e. The molecule has 2 aliphatic rings. The maximum absolute atomic E-state index is 13.7. The lowest BCUT2D eigenvalue weighted by Crippen LogP contribution is -2.59. The molecule has 0 radical (unpaired) electrons. The lowest BCUT2D eigenvalue weighted by atomic mass is 9.85. The first kappa shape index (κ1) is 21.9. The molecule has 33 heavy (non-hydrogen) atoms. The van der Waals surface area contributed by atoms with E-state index in [0.717, 1.165) is 5.69 Å². The molecule has 0 bridgehead atoms. The number of ether oxygens (including phenoxy) is 1. The van der Waals surface area contributed by atoms with Gasteiger partial charge in [-0.1, -0.05) is 60.7 Å². The van der Waals surface area contributed by atoms with Gasteiger partial charge in [-0.3, -0.25) is 14.4 Å². The van der Waals surface area contributed by atoms with Gasteiger partial charge >= 0.3 is 0 Å². The third kappa shape index (κ3) is 3.77. The third-order valence-corrected chi connectivity index (χ3v) is 7.06.